The van der Waals surface area contributed by atoms with Crippen LogP contribution in [0.3, 0.4) is 0 Å². The highest BCUT2D eigenvalue weighted by atomic mass is 35.5. The predicted molar refractivity (Wildman–Crippen MR) is 50.9 cm³/mol. The number of anilines is 1. The molecule has 0 radical (unpaired) electrons. The van der Waals surface area contributed by atoms with Crippen molar-refractivity contribution in [2.24, 2.45) is 0 Å². The minimum absolute atomic E-state index is 0.493. The van der Waals surface area contributed by atoms with E-state index in [-0.39, 0.29) is 0 Å². The Morgan fingerprint density at radius 3 is 3.08 bits per heavy atom. The van der Waals surface area contributed by atoms with Gasteiger partial charge >= 0.3 is 0 Å². The molecule has 0 spiro atoms. The van der Waals surface area contributed by atoms with Crippen molar-refractivity contribution in [3.05, 3.63) is 23.9 Å². The summed E-state index contributed by atoms with van der Waals surface area (Å²) in [7, 11) is 0. The van der Waals surface area contributed by atoms with Gasteiger partial charge in [-0.1, -0.05) is 11.8 Å². The van der Waals surface area contributed by atoms with E-state index in [2.05, 4.69) is 16.8 Å². The largest absolute Gasteiger partial charge is 0.384 e. The van der Waals surface area contributed by atoms with E-state index in [1.807, 2.05) is 6.07 Å². The van der Waals surface area contributed by atoms with Gasteiger partial charge in [-0.3, -0.25) is 0 Å². The summed E-state index contributed by atoms with van der Waals surface area (Å²) < 4.78 is 0. The van der Waals surface area contributed by atoms with E-state index < -0.39 is 0 Å². The molecule has 0 fully saturated rings. The Labute approximate surface area is 76.8 Å². The van der Waals surface area contributed by atoms with E-state index in [4.69, 9.17) is 17.3 Å². The Kier molecular flexibility index (Phi) is 3.43. The molecule has 62 valence electrons. The van der Waals surface area contributed by atoms with E-state index in [9.17, 15) is 0 Å². The van der Waals surface area contributed by atoms with E-state index in [1.54, 1.807) is 12.3 Å². The summed E-state index contributed by atoms with van der Waals surface area (Å²) in [6.45, 7) is 0. The molecule has 0 amide bonds. The van der Waals surface area contributed by atoms with Gasteiger partial charge in [-0.2, -0.15) is 0 Å². The van der Waals surface area contributed by atoms with Crippen LogP contribution in [0.2, 0.25) is 0 Å². The van der Waals surface area contributed by atoms with Crippen LogP contribution in [-0.2, 0) is 0 Å². The van der Waals surface area contributed by atoms with Crippen LogP contribution >= 0.6 is 11.6 Å². The third-order valence-electron chi connectivity index (χ3n) is 1.23. The summed E-state index contributed by atoms with van der Waals surface area (Å²) in [4.78, 5) is 3.85. The van der Waals surface area contributed by atoms with Crippen molar-refractivity contribution in [2.75, 3.05) is 11.6 Å². The standard InChI is InChI=1S/C9H9ClN2/c10-5-2-1-3-8-4-6-12-9(11)7-8/h4,6-7H,2,5H2,(H2,11,12). The molecule has 0 bridgehead atoms. The van der Waals surface area contributed by atoms with Gasteiger partial charge in [-0.05, 0) is 12.1 Å². The molecule has 0 saturated carbocycles. The van der Waals surface area contributed by atoms with Crippen molar-refractivity contribution >= 4 is 17.4 Å². The summed E-state index contributed by atoms with van der Waals surface area (Å²) in [6.07, 6.45) is 2.34. The number of nitrogens with two attached hydrogens (primary N) is 1. The number of pyridine rings is 1. The molecule has 0 saturated heterocycles. The Morgan fingerprint density at radius 2 is 2.42 bits per heavy atom. The smallest absolute Gasteiger partial charge is 0.124 e. The van der Waals surface area contributed by atoms with Crippen LogP contribution in [0.15, 0.2) is 18.3 Å². The normalized spacial score (nSPS) is 8.75. The Morgan fingerprint density at radius 1 is 1.58 bits per heavy atom. The molecule has 1 rings (SSSR count). The van der Waals surface area contributed by atoms with Crippen molar-refractivity contribution in [3.63, 3.8) is 0 Å². The molecule has 0 aliphatic heterocycles. The summed E-state index contributed by atoms with van der Waals surface area (Å²) in [5.74, 6) is 6.90. The molecule has 0 unspecified atom stereocenters. The zero-order valence-electron chi connectivity index (χ0n) is 6.55. The molecular formula is C9H9ClN2. The Balaban J connectivity index is 2.71. The van der Waals surface area contributed by atoms with E-state index in [0.29, 0.717) is 18.1 Å². The molecule has 0 atom stereocenters. The van der Waals surface area contributed by atoms with Gasteiger partial charge in [0.05, 0.1) is 0 Å². The van der Waals surface area contributed by atoms with Crippen LogP contribution in [-0.4, -0.2) is 10.9 Å². The number of rotatable bonds is 1. The topological polar surface area (TPSA) is 38.9 Å². The maximum atomic E-state index is 5.46. The third kappa shape index (κ3) is 2.81. The predicted octanol–water partition coefficient (Wildman–Crippen LogP) is 1.64. The molecule has 3 heteroatoms. The van der Waals surface area contributed by atoms with E-state index >= 15 is 0 Å². The highest BCUT2D eigenvalue weighted by molar-refractivity contribution is 6.18. The second-order valence-corrected chi connectivity index (χ2v) is 2.59. The van der Waals surface area contributed by atoms with Gasteiger partial charge < -0.3 is 5.73 Å². The fraction of sp³-hybridized carbons (Fsp3) is 0.222. The molecule has 1 aromatic rings. The molecule has 2 N–H and O–H groups in total. The lowest BCUT2D eigenvalue weighted by Gasteiger charge is -1.90. The zero-order chi connectivity index (χ0) is 8.81. The minimum atomic E-state index is 0.493. The lowest BCUT2D eigenvalue weighted by molar-refractivity contribution is 1.28. The van der Waals surface area contributed by atoms with Gasteiger partial charge in [0.2, 0.25) is 0 Å². The van der Waals surface area contributed by atoms with Crippen LogP contribution in [0, 0.1) is 11.8 Å². The van der Waals surface area contributed by atoms with Crippen molar-refractivity contribution in [2.45, 2.75) is 6.42 Å². The van der Waals surface area contributed by atoms with Crippen molar-refractivity contribution < 1.29 is 0 Å². The second kappa shape index (κ2) is 4.63. The number of nitrogens with zero attached hydrogens (tertiary/aromatic N) is 1. The lowest BCUT2D eigenvalue weighted by atomic mass is 10.2. The third-order valence-corrected chi connectivity index (χ3v) is 1.42. The fourth-order valence-corrected chi connectivity index (χ4v) is 0.832. The Bertz CT molecular complexity index is 312. The molecule has 12 heavy (non-hydrogen) atoms. The maximum absolute atomic E-state index is 5.46. The summed E-state index contributed by atoms with van der Waals surface area (Å²) in [6, 6.07) is 3.55. The number of aromatic nitrogens is 1. The number of nitrogen functional groups attached to an aromatic ring is 1. The van der Waals surface area contributed by atoms with Crippen molar-refractivity contribution in [1.82, 2.24) is 4.98 Å². The van der Waals surface area contributed by atoms with Gasteiger partial charge in [0, 0.05) is 24.1 Å². The molecule has 0 aliphatic rings. The van der Waals surface area contributed by atoms with Crippen LogP contribution in [0.1, 0.15) is 12.0 Å². The average molecular weight is 181 g/mol. The van der Waals surface area contributed by atoms with Gasteiger partial charge in [-0.15, -0.1) is 11.6 Å². The number of halogens is 1. The maximum Gasteiger partial charge on any atom is 0.124 e. The number of hydrogen-bond acceptors (Lipinski definition) is 2. The highest BCUT2D eigenvalue weighted by Gasteiger charge is 1.87. The summed E-state index contributed by atoms with van der Waals surface area (Å²) in [5.41, 5.74) is 6.34. The Hall–Kier alpha value is -1.20. The summed E-state index contributed by atoms with van der Waals surface area (Å²) in [5, 5.41) is 0. The first-order valence-electron chi connectivity index (χ1n) is 3.59. The van der Waals surface area contributed by atoms with Gasteiger partial charge in [0.15, 0.2) is 0 Å². The van der Waals surface area contributed by atoms with Crippen LogP contribution in [0.4, 0.5) is 5.82 Å². The van der Waals surface area contributed by atoms with E-state index in [1.165, 1.54) is 0 Å². The average Bonchev–Trinajstić information content (AvgIpc) is 2.05. The molecule has 1 aromatic heterocycles. The first-order chi connectivity index (χ1) is 5.83. The van der Waals surface area contributed by atoms with Crippen LogP contribution in [0.25, 0.3) is 0 Å². The molecular weight excluding hydrogens is 172 g/mol. The first kappa shape index (κ1) is 8.89. The van der Waals surface area contributed by atoms with Crippen LogP contribution < -0.4 is 5.73 Å². The van der Waals surface area contributed by atoms with Gasteiger partial charge in [0.1, 0.15) is 5.82 Å². The highest BCUT2D eigenvalue weighted by Crippen LogP contribution is 2.00. The molecule has 1 heterocycles. The first-order valence-corrected chi connectivity index (χ1v) is 4.13. The van der Waals surface area contributed by atoms with Crippen molar-refractivity contribution in [3.8, 4) is 11.8 Å². The van der Waals surface area contributed by atoms with Gasteiger partial charge in [0.25, 0.3) is 0 Å². The summed E-state index contributed by atoms with van der Waals surface area (Å²) >= 11 is 5.46. The molecule has 2 nitrogen and oxygen atoms in total. The molecule has 0 aliphatic carbocycles. The fourth-order valence-electron chi connectivity index (χ4n) is 0.738. The molecule has 0 aromatic carbocycles. The second-order valence-electron chi connectivity index (χ2n) is 2.21. The number of hydrogen-bond donors (Lipinski definition) is 1. The van der Waals surface area contributed by atoms with Crippen molar-refractivity contribution in [1.29, 1.82) is 0 Å². The minimum Gasteiger partial charge on any atom is -0.384 e. The monoisotopic (exact) mass is 180 g/mol. The SMILES string of the molecule is Nc1cc(C#CCCCl)ccn1. The van der Waals surface area contributed by atoms with Crippen LogP contribution in [0.5, 0.6) is 0 Å². The quantitative estimate of drug-likeness (QED) is 0.527. The number of alkyl halides is 1. The van der Waals surface area contributed by atoms with E-state index in [0.717, 1.165) is 5.56 Å². The zero-order valence-corrected chi connectivity index (χ0v) is 7.30. The lowest BCUT2D eigenvalue weighted by Crippen LogP contribution is -1.88. The van der Waals surface area contributed by atoms with Gasteiger partial charge in [-0.25, -0.2) is 4.98 Å².